The fraction of sp³-hybridized carbons (Fsp3) is 0.529. The molecule has 6 heteroatoms. The van der Waals surface area contributed by atoms with Gasteiger partial charge in [-0.1, -0.05) is 30.3 Å². The van der Waals surface area contributed by atoms with Gasteiger partial charge in [0.25, 0.3) is 0 Å². The first-order valence-corrected chi connectivity index (χ1v) is 8.07. The lowest BCUT2D eigenvalue weighted by Gasteiger charge is -2.24. The molecule has 3 amide bonds. The lowest BCUT2D eigenvalue weighted by molar-refractivity contribution is -0.131. The van der Waals surface area contributed by atoms with Gasteiger partial charge in [0.2, 0.25) is 5.91 Å². The molecule has 23 heavy (non-hydrogen) atoms. The smallest absolute Gasteiger partial charge is 0.317 e. The Kier molecular flexibility index (Phi) is 6.40. The zero-order valence-corrected chi connectivity index (χ0v) is 13.9. The van der Waals surface area contributed by atoms with Crippen LogP contribution in [0.2, 0.25) is 0 Å². The third kappa shape index (κ3) is 5.25. The lowest BCUT2D eigenvalue weighted by atomic mass is 10.2. The largest absolute Gasteiger partial charge is 0.341 e. The number of nitrogens with zero attached hydrogens (tertiary/aromatic N) is 2. The minimum Gasteiger partial charge on any atom is -0.341 e. The molecule has 0 aliphatic carbocycles. The second-order valence-electron chi connectivity index (χ2n) is 5.97. The number of benzene rings is 1. The first-order valence-electron chi connectivity index (χ1n) is 8.07. The number of carbonyl (C=O) groups excluding carboxylic acids is 2. The van der Waals surface area contributed by atoms with Crippen LogP contribution in [-0.2, 0) is 11.3 Å². The van der Waals surface area contributed by atoms with Gasteiger partial charge in [0.05, 0.1) is 0 Å². The van der Waals surface area contributed by atoms with Crippen LogP contribution in [0.3, 0.4) is 0 Å². The zero-order chi connectivity index (χ0) is 16.7. The van der Waals surface area contributed by atoms with E-state index >= 15 is 0 Å². The molecule has 0 bridgehead atoms. The molecule has 1 aromatic rings. The molecule has 1 aliphatic heterocycles. The number of nitrogens with one attached hydrogen (secondary N) is 2. The maximum absolute atomic E-state index is 12.1. The molecule has 2 rings (SSSR count). The summed E-state index contributed by atoms with van der Waals surface area (Å²) >= 11 is 0. The van der Waals surface area contributed by atoms with Crippen molar-refractivity contribution in [2.24, 2.45) is 0 Å². The van der Waals surface area contributed by atoms with Crippen LogP contribution >= 0.6 is 0 Å². The molecular weight excluding hydrogens is 292 g/mol. The van der Waals surface area contributed by atoms with Crippen LogP contribution in [0.1, 0.15) is 18.4 Å². The van der Waals surface area contributed by atoms with Crippen LogP contribution in [0.15, 0.2) is 30.3 Å². The summed E-state index contributed by atoms with van der Waals surface area (Å²) in [6, 6.07) is 9.94. The van der Waals surface area contributed by atoms with E-state index in [2.05, 4.69) is 10.6 Å². The van der Waals surface area contributed by atoms with Crippen LogP contribution in [-0.4, -0.2) is 61.5 Å². The molecule has 1 saturated heterocycles. The van der Waals surface area contributed by atoms with Crippen molar-refractivity contribution in [3.63, 3.8) is 0 Å². The van der Waals surface area contributed by atoms with Gasteiger partial charge in [-0.25, -0.2) is 4.79 Å². The second-order valence-corrected chi connectivity index (χ2v) is 5.97. The normalized spacial score (nSPS) is 16.9. The number of carbonyl (C=O) groups is 2. The second kappa shape index (κ2) is 8.53. The molecule has 1 aliphatic rings. The highest BCUT2D eigenvalue weighted by molar-refractivity contribution is 5.78. The van der Waals surface area contributed by atoms with Crippen molar-refractivity contribution in [2.45, 2.75) is 25.4 Å². The average Bonchev–Trinajstić information content (AvgIpc) is 3.09. The van der Waals surface area contributed by atoms with Crippen LogP contribution in [0.25, 0.3) is 0 Å². The highest BCUT2D eigenvalue weighted by atomic mass is 16.2. The van der Waals surface area contributed by atoms with Crippen LogP contribution in [0, 0.1) is 0 Å². The highest BCUT2D eigenvalue weighted by Gasteiger charge is 2.22. The molecule has 1 aromatic carbocycles. The minimum absolute atomic E-state index is 0.0738. The van der Waals surface area contributed by atoms with Crippen molar-refractivity contribution >= 4 is 11.9 Å². The quantitative estimate of drug-likeness (QED) is 0.824. The Balaban J connectivity index is 1.68. The van der Waals surface area contributed by atoms with Crippen molar-refractivity contribution in [3.05, 3.63) is 35.9 Å². The van der Waals surface area contributed by atoms with E-state index in [1.165, 1.54) is 0 Å². The summed E-state index contributed by atoms with van der Waals surface area (Å²) in [5.41, 5.74) is 1.08. The van der Waals surface area contributed by atoms with Gasteiger partial charge in [0.1, 0.15) is 0 Å². The summed E-state index contributed by atoms with van der Waals surface area (Å²) in [5.74, 6) is 0.0738. The zero-order valence-electron chi connectivity index (χ0n) is 13.9. The van der Waals surface area contributed by atoms with E-state index in [1.807, 2.05) is 37.4 Å². The van der Waals surface area contributed by atoms with E-state index in [0.29, 0.717) is 19.5 Å². The predicted molar refractivity (Wildman–Crippen MR) is 90.0 cm³/mol. The van der Waals surface area contributed by atoms with E-state index < -0.39 is 0 Å². The SMILES string of the molecule is CN(Cc1ccccc1)C(=O)NCCC(=O)N(C)C1CCNC1. The summed E-state index contributed by atoms with van der Waals surface area (Å²) in [4.78, 5) is 27.5. The third-order valence-corrected chi connectivity index (χ3v) is 4.20. The first-order chi connectivity index (χ1) is 11.1. The topological polar surface area (TPSA) is 64.7 Å². The Labute approximate surface area is 137 Å². The van der Waals surface area contributed by atoms with Crippen molar-refractivity contribution < 1.29 is 9.59 Å². The molecule has 2 N–H and O–H groups in total. The van der Waals surface area contributed by atoms with Gasteiger partial charge < -0.3 is 20.4 Å². The van der Waals surface area contributed by atoms with E-state index in [4.69, 9.17) is 0 Å². The van der Waals surface area contributed by atoms with E-state index in [-0.39, 0.29) is 18.0 Å². The van der Waals surface area contributed by atoms with Crippen molar-refractivity contribution in [2.75, 3.05) is 33.7 Å². The maximum atomic E-state index is 12.1. The molecular formula is C17H26N4O2. The molecule has 6 nitrogen and oxygen atoms in total. The number of hydrogen-bond acceptors (Lipinski definition) is 3. The minimum atomic E-state index is -0.160. The number of amides is 3. The van der Waals surface area contributed by atoms with E-state index in [1.54, 1.807) is 16.8 Å². The molecule has 0 aromatic heterocycles. The fourth-order valence-electron chi connectivity index (χ4n) is 2.69. The molecule has 1 fully saturated rings. The first kappa shape index (κ1) is 17.3. The molecule has 0 radical (unpaired) electrons. The highest BCUT2D eigenvalue weighted by Crippen LogP contribution is 2.07. The fourth-order valence-corrected chi connectivity index (χ4v) is 2.69. The summed E-state index contributed by atoms with van der Waals surface area (Å²) in [7, 11) is 3.59. The Bertz CT molecular complexity index is 515. The molecule has 1 heterocycles. The number of urea groups is 1. The van der Waals surface area contributed by atoms with Gasteiger partial charge in [0, 0.05) is 46.2 Å². The monoisotopic (exact) mass is 318 g/mol. The van der Waals surface area contributed by atoms with Crippen LogP contribution in [0.5, 0.6) is 0 Å². The molecule has 0 saturated carbocycles. The summed E-state index contributed by atoms with van der Waals surface area (Å²) < 4.78 is 0. The summed E-state index contributed by atoms with van der Waals surface area (Å²) in [5, 5.41) is 6.05. The Hall–Kier alpha value is -2.08. The van der Waals surface area contributed by atoms with Gasteiger partial charge >= 0.3 is 6.03 Å². The predicted octanol–water partition coefficient (Wildman–Crippen LogP) is 1.04. The van der Waals surface area contributed by atoms with E-state index in [0.717, 1.165) is 25.1 Å². The third-order valence-electron chi connectivity index (χ3n) is 4.20. The average molecular weight is 318 g/mol. The Morgan fingerprint density at radius 3 is 2.65 bits per heavy atom. The molecule has 1 atom stereocenters. The van der Waals surface area contributed by atoms with Gasteiger partial charge in [-0.15, -0.1) is 0 Å². The number of hydrogen-bond donors (Lipinski definition) is 2. The molecule has 1 unspecified atom stereocenters. The van der Waals surface area contributed by atoms with Gasteiger partial charge in [-0.3, -0.25) is 4.79 Å². The van der Waals surface area contributed by atoms with E-state index in [9.17, 15) is 9.59 Å². The van der Waals surface area contributed by atoms with Crippen LogP contribution < -0.4 is 10.6 Å². The Morgan fingerprint density at radius 1 is 1.26 bits per heavy atom. The summed E-state index contributed by atoms with van der Waals surface area (Å²) in [6.07, 6.45) is 1.33. The van der Waals surface area contributed by atoms with Crippen LogP contribution in [0.4, 0.5) is 4.79 Å². The van der Waals surface area contributed by atoms with Crippen molar-refractivity contribution in [3.8, 4) is 0 Å². The summed E-state index contributed by atoms with van der Waals surface area (Å²) in [6.45, 7) is 2.73. The van der Waals surface area contributed by atoms with Gasteiger partial charge in [-0.05, 0) is 18.5 Å². The standard InChI is InChI=1S/C17H26N4O2/c1-20(13-14-6-4-3-5-7-14)17(23)19-11-9-16(22)21(2)15-8-10-18-12-15/h3-7,15,18H,8-13H2,1-2H3,(H,19,23). The van der Waals surface area contributed by atoms with Crippen molar-refractivity contribution in [1.82, 2.24) is 20.4 Å². The number of rotatable bonds is 6. The van der Waals surface area contributed by atoms with Gasteiger partial charge in [-0.2, -0.15) is 0 Å². The van der Waals surface area contributed by atoms with Gasteiger partial charge in [0.15, 0.2) is 0 Å². The molecule has 126 valence electrons. The lowest BCUT2D eigenvalue weighted by Crippen LogP contribution is -2.41. The van der Waals surface area contributed by atoms with Crippen molar-refractivity contribution in [1.29, 1.82) is 0 Å². The number of likely N-dealkylation sites (N-methyl/N-ethyl adjacent to an activating group) is 1. The molecule has 0 spiro atoms. The Morgan fingerprint density at radius 2 is 2.00 bits per heavy atom. The maximum Gasteiger partial charge on any atom is 0.317 e.